The fourth-order valence-corrected chi connectivity index (χ4v) is 3.43. The van der Waals surface area contributed by atoms with Crippen LogP contribution in [0.3, 0.4) is 0 Å². The van der Waals surface area contributed by atoms with Crippen LogP contribution in [0.4, 0.5) is 5.69 Å². The molecule has 0 spiro atoms. The topological polar surface area (TPSA) is 34.2 Å². The second kappa shape index (κ2) is 7.70. The summed E-state index contributed by atoms with van der Waals surface area (Å²) in [5.74, 6) is 2.46. The Bertz CT molecular complexity index is 782. The summed E-state index contributed by atoms with van der Waals surface area (Å²) in [6.07, 6.45) is 2.09. The number of methoxy groups -OCH3 is 1. The lowest BCUT2D eigenvalue weighted by Crippen LogP contribution is -2.44. The lowest BCUT2D eigenvalue weighted by Gasteiger charge is -2.37. The Hall–Kier alpha value is -2.66. The van der Waals surface area contributed by atoms with Crippen LogP contribution in [0.25, 0.3) is 0 Å². The zero-order chi connectivity index (χ0) is 17.8. The van der Waals surface area contributed by atoms with Crippen molar-refractivity contribution in [1.29, 1.82) is 0 Å². The first-order chi connectivity index (χ1) is 12.8. The summed E-state index contributed by atoms with van der Waals surface area (Å²) >= 11 is 0. The van der Waals surface area contributed by atoms with Crippen LogP contribution in [0.5, 0.6) is 11.5 Å². The van der Waals surface area contributed by atoms with E-state index in [1.165, 1.54) is 11.3 Å². The molecule has 0 radical (unpaired) electrons. The SMILES string of the molecule is COCc1ccccc1N1CCN(/C=C2/COc3ccccc3O2)CC1. The Morgan fingerprint density at radius 3 is 2.50 bits per heavy atom. The highest BCUT2D eigenvalue weighted by Gasteiger charge is 2.20. The van der Waals surface area contributed by atoms with Gasteiger partial charge in [-0.3, -0.25) is 0 Å². The number of ether oxygens (including phenoxy) is 3. The van der Waals surface area contributed by atoms with Crippen molar-refractivity contribution in [3.8, 4) is 11.5 Å². The largest absolute Gasteiger partial charge is 0.482 e. The molecule has 1 fully saturated rings. The molecule has 0 unspecified atom stereocenters. The molecule has 0 saturated carbocycles. The lowest BCUT2D eigenvalue weighted by molar-refractivity contribution is 0.185. The highest BCUT2D eigenvalue weighted by molar-refractivity contribution is 5.54. The molecular formula is C21H24N2O3. The van der Waals surface area contributed by atoms with Crippen molar-refractivity contribution < 1.29 is 14.2 Å². The van der Waals surface area contributed by atoms with Gasteiger partial charge in [0.15, 0.2) is 17.3 Å². The molecule has 2 aromatic rings. The van der Waals surface area contributed by atoms with E-state index in [2.05, 4.69) is 40.3 Å². The van der Waals surface area contributed by atoms with E-state index < -0.39 is 0 Å². The van der Waals surface area contributed by atoms with Crippen LogP contribution < -0.4 is 14.4 Å². The Labute approximate surface area is 154 Å². The Morgan fingerprint density at radius 1 is 0.962 bits per heavy atom. The van der Waals surface area contributed by atoms with Crippen molar-refractivity contribution in [1.82, 2.24) is 4.90 Å². The first kappa shape index (κ1) is 16.8. The molecule has 2 aliphatic rings. The maximum Gasteiger partial charge on any atom is 0.169 e. The predicted octanol–water partition coefficient (Wildman–Crippen LogP) is 3.27. The third kappa shape index (κ3) is 3.63. The Kier molecular flexibility index (Phi) is 4.97. The highest BCUT2D eigenvalue weighted by Crippen LogP contribution is 2.32. The summed E-state index contributed by atoms with van der Waals surface area (Å²) in [6, 6.07) is 16.3. The van der Waals surface area contributed by atoms with Crippen LogP contribution in [0.1, 0.15) is 5.56 Å². The minimum atomic E-state index is 0.480. The molecule has 5 heteroatoms. The summed E-state index contributed by atoms with van der Waals surface area (Å²) < 4.78 is 17.1. The fraction of sp³-hybridized carbons (Fsp3) is 0.333. The number of hydrogen-bond acceptors (Lipinski definition) is 5. The van der Waals surface area contributed by atoms with Crippen molar-refractivity contribution in [3.05, 3.63) is 66.1 Å². The Morgan fingerprint density at radius 2 is 1.69 bits per heavy atom. The molecule has 0 bridgehead atoms. The number of nitrogens with zero attached hydrogens (tertiary/aromatic N) is 2. The molecule has 0 N–H and O–H groups in total. The van der Waals surface area contributed by atoms with Gasteiger partial charge in [0.2, 0.25) is 0 Å². The van der Waals surface area contributed by atoms with Crippen LogP contribution >= 0.6 is 0 Å². The van der Waals surface area contributed by atoms with E-state index in [-0.39, 0.29) is 0 Å². The summed E-state index contributed by atoms with van der Waals surface area (Å²) in [5, 5.41) is 0. The smallest absolute Gasteiger partial charge is 0.169 e. The van der Waals surface area contributed by atoms with Crippen molar-refractivity contribution in [2.75, 3.05) is 44.8 Å². The van der Waals surface area contributed by atoms with E-state index in [4.69, 9.17) is 14.2 Å². The van der Waals surface area contributed by atoms with Gasteiger partial charge in [-0.1, -0.05) is 30.3 Å². The minimum Gasteiger partial charge on any atom is -0.482 e. The van der Waals surface area contributed by atoms with Crippen molar-refractivity contribution in [2.45, 2.75) is 6.61 Å². The van der Waals surface area contributed by atoms with Gasteiger partial charge in [-0.15, -0.1) is 0 Å². The second-order valence-corrected chi connectivity index (χ2v) is 6.52. The van der Waals surface area contributed by atoms with Gasteiger partial charge in [0.1, 0.15) is 6.61 Å². The van der Waals surface area contributed by atoms with Gasteiger partial charge in [0, 0.05) is 50.7 Å². The molecule has 2 heterocycles. The maximum absolute atomic E-state index is 5.96. The van der Waals surface area contributed by atoms with E-state index in [0.29, 0.717) is 13.2 Å². The van der Waals surface area contributed by atoms with Crippen LogP contribution in [-0.2, 0) is 11.3 Å². The third-order valence-corrected chi connectivity index (χ3v) is 4.73. The number of benzene rings is 2. The molecule has 5 nitrogen and oxygen atoms in total. The van der Waals surface area contributed by atoms with Crippen LogP contribution in [0.15, 0.2) is 60.5 Å². The van der Waals surface area contributed by atoms with Gasteiger partial charge in [-0.2, -0.15) is 0 Å². The number of hydrogen-bond donors (Lipinski definition) is 0. The predicted molar refractivity (Wildman–Crippen MR) is 102 cm³/mol. The molecule has 4 rings (SSSR count). The molecule has 0 atom stereocenters. The van der Waals surface area contributed by atoms with Crippen LogP contribution in [-0.4, -0.2) is 44.8 Å². The highest BCUT2D eigenvalue weighted by atomic mass is 16.6. The number of anilines is 1. The van der Waals surface area contributed by atoms with Gasteiger partial charge in [0.25, 0.3) is 0 Å². The second-order valence-electron chi connectivity index (χ2n) is 6.52. The molecule has 2 aromatic carbocycles. The zero-order valence-corrected chi connectivity index (χ0v) is 15.1. The number of fused-ring (bicyclic) bond motifs is 1. The maximum atomic E-state index is 5.96. The van der Waals surface area contributed by atoms with E-state index in [1.807, 2.05) is 24.3 Å². The molecule has 2 aliphatic heterocycles. The van der Waals surface area contributed by atoms with Gasteiger partial charge in [0.05, 0.1) is 6.61 Å². The van der Waals surface area contributed by atoms with Gasteiger partial charge in [-0.05, 0) is 18.2 Å². The summed E-state index contributed by atoms with van der Waals surface area (Å²) in [6.45, 7) is 4.98. The summed E-state index contributed by atoms with van der Waals surface area (Å²) in [5.41, 5.74) is 2.51. The average molecular weight is 352 g/mol. The monoisotopic (exact) mass is 352 g/mol. The standard InChI is InChI=1S/C21H24N2O3/c1-24-15-17-6-2-3-7-19(17)23-12-10-22(11-13-23)14-18-16-25-20-8-4-5-9-21(20)26-18/h2-9,14H,10-13,15-16H2,1H3/b18-14-. The van der Waals surface area contributed by atoms with Gasteiger partial charge in [-0.25, -0.2) is 0 Å². The zero-order valence-electron chi connectivity index (χ0n) is 15.1. The quantitative estimate of drug-likeness (QED) is 0.844. The van der Waals surface area contributed by atoms with Gasteiger partial charge >= 0.3 is 0 Å². The molecule has 0 amide bonds. The van der Waals surface area contributed by atoms with E-state index in [9.17, 15) is 0 Å². The number of para-hydroxylation sites is 3. The average Bonchev–Trinajstić information content (AvgIpc) is 2.69. The number of rotatable bonds is 4. The van der Waals surface area contributed by atoms with Crippen LogP contribution in [0, 0.1) is 0 Å². The van der Waals surface area contributed by atoms with Crippen molar-refractivity contribution in [3.63, 3.8) is 0 Å². The normalized spacial score (nSPS) is 18.3. The van der Waals surface area contributed by atoms with E-state index in [1.54, 1.807) is 7.11 Å². The summed E-state index contributed by atoms with van der Waals surface area (Å²) in [7, 11) is 1.74. The molecular weight excluding hydrogens is 328 g/mol. The lowest BCUT2D eigenvalue weighted by atomic mass is 10.1. The summed E-state index contributed by atoms with van der Waals surface area (Å²) in [4.78, 5) is 4.74. The Balaban J connectivity index is 1.39. The van der Waals surface area contributed by atoms with Crippen molar-refractivity contribution in [2.24, 2.45) is 0 Å². The molecule has 136 valence electrons. The number of piperazine rings is 1. The fourth-order valence-electron chi connectivity index (χ4n) is 3.43. The molecule has 0 aromatic heterocycles. The van der Waals surface area contributed by atoms with Crippen molar-refractivity contribution >= 4 is 5.69 Å². The third-order valence-electron chi connectivity index (χ3n) is 4.73. The van der Waals surface area contributed by atoms with E-state index in [0.717, 1.165) is 43.4 Å². The van der Waals surface area contributed by atoms with E-state index >= 15 is 0 Å². The first-order valence-corrected chi connectivity index (χ1v) is 9.00. The van der Waals surface area contributed by atoms with Gasteiger partial charge < -0.3 is 24.0 Å². The minimum absolute atomic E-state index is 0.480. The van der Waals surface area contributed by atoms with Crippen LogP contribution in [0.2, 0.25) is 0 Å². The molecule has 0 aliphatic carbocycles. The molecule has 26 heavy (non-hydrogen) atoms. The molecule has 1 saturated heterocycles. The first-order valence-electron chi connectivity index (χ1n) is 9.00.